The van der Waals surface area contributed by atoms with E-state index in [2.05, 4.69) is 15.4 Å². The van der Waals surface area contributed by atoms with Gasteiger partial charge in [0.2, 0.25) is 5.91 Å². The highest BCUT2D eigenvalue weighted by Gasteiger charge is 2.29. The molecule has 0 aliphatic carbocycles. The number of anilines is 1. The van der Waals surface area contributed by atoms with Crippen LogP contribution in [0.2, 0.25) is 5.02 Å². The van der Waals surface area contributed by atoms with Crippen molar-refractivity contribution in [3.05, 3.63) is 95.0 Å². The summed E-state index contributed by atoms with van der Waals surface area (Å²) in [5, 5.41) is 16.3. The number of H-pyrrole nitrogens is 1. The zero-order valence-corrected chi connectivity index (χ0v) is 18.9. The van der Waals surface area contributed by atoms with Crippen LogP contribution < -0.4 is 5.32 Å². The number of hydrogen-bond acceptors (Lipinski definition) is 3. The van der Waals surface area contributed by atoms with Crippen molar-refractivity contribution in [1.29, 1.82) is 5.41 Å². The Morgan fingerprint density at radius 1 is 1.09 bits per heavy atom. The van der Waals surface area contributed by atoms with Crippen LogP contribution in [0.1, 0.15) is 30.7 Å². The number of nitrogens with one attached hydrogen (secondary N) is 3. The summed E-state index contributed by atoms with van der Waals surface area (Å²) < 4.78 is 1.74. The lowest BCUT2D eigenvalue weighted by Crippen LogP contribution is -2.34. The first kappa shape index (κ1) is 21.6. The van der Waals surface area contributed by atoms with Crippen molar-refractivity contribution >= 4 is 28.9 Å². The number of aryl methyl sites for hydroxylation is 1. The van der Waals surface area contributed by atoms with Crippen LogP contribution in [0.25, 0.3) is 11.1 Å². The number of halogens is 1. The molecular formula is C25H24ClN5O. The van der Waals surface area contributed by atoms with Crippen LogP contribution in [0.5, 0.6) is 0 Å². The number of carbonyl (C=O) groups excluding carboxylic acids is 1. The maximum absolute atomic E-state index is 12.9. The Bertz CT molecular complexity index is 1270. The van der Waals surface area contributed by atoms with Crippen molar-refractivity contribution in [1.82, 2.24) is 14.8 Å². The van der Waals surface area contributed by atoms with Gasteiger partial charge in [0, 0.05) is 46.8 Å². The van der Waals surface area contributed by atoms with Gasteiger partial charge in [0.1, 0.15) is 0 Å². The van der Waals surface area contributed by atoms with Crippen molar-refractivity contribution in [3.63, 3.8) is 0 Å². The Balaban J connectivity index is 1.46. The van der Waals surface area contributed by atoms with Crippen LogP contribution in [-0.4, -0.2) is 26.4 Å². The molecule has 0 spiro atoms. The van der Waals surface area contributed by atoms with Gasteiger partial charge in [-0.3, -0.25) is 14.9 Å². The number of benzene rings is 2. The van der Waals surface area contributed by atoms with Gasteiger partial charge in [-0.15, -0.1) is 0 Å². The number of amides is 1. The number of aromatic amines is 1. The summed E-state index contributed by atoms with van der Waals surface area (Å²) in [5.74, 6) is -0.117. The highest BCUT2D eigenvalue weighted by Crippen LogP contribution is 2.27. The van der Waals surface area contributed by atoms with Crippen molar-refractivity contribution < 1.29 is 4.79 Å². The molecular weight excluding hydrogens is 422 g/mol. The molecule has 7 heteroatoms. The van der Waals surface area contributed by atoms with E-state index in [1.165, 1.54) is 0 Å². The highest BCUT2D eigenvalue weighted by molar-refractivity contribution is 6.30. The van der Waals surface area contributed by atoms with Gasteiger partial charge in [-0.1, -0.05) is 35.9 Å². The SMILES string of the molecule is Cn1cc(-c2c[nH]c(C(=N)c3ccc(NC(=O)C(C)(C)c4ccc(Cl)cc4)cc3)c2)cn1. The molecule has 0 radical (unpaired) electrons. The van der Waals surface area contributed by atoms with Crippen LogP contribution in [0, 0.1) is 5.41 Å². The molecule has 0 fully saturated rings. The van der Waals surface area contributed by atoms with E-state index in [4.69, 9.17) is 17.0 Å². The standard InChI is InChI=1S/C25H24ClN5O/c1-25(2,19-6-8-20(26)9-7-19)24(32)30-21-10-4-16(5-11-21)23(27)22-12-17(13-28-22)18-14-29-31(3)15-18/h4-15,27-28H,1-3H3,(H,30,32). The van der Waals surface area contributed by atoms with E-state index >= 15 is 0 Å². The molecule has 2 aromatic heterocycles. The minimum atomic E-state index is -0.719. The fourth-order valence-electron chi connectivity index (χ4n) is 3.44. The molecule has 4 rings (SSSR count). The quantitative estimate of drug-likeness (QED) is 0.347. The molecule has 0 saturated heterocycles. The molecule has 0 saturated carbocycles. The Kier molecular flexibility index (Phi) is 5.72. The van der Waals surface area contributed by atoms with Crippen LogP contribution in [-0.2, 0) is 17.3 Å². The average Bonchev–Trinajstić information content (AvgIpc) is 3.43. The van der Waals surface area contributed by atoms with E-state index < -0.39 is 5.41 Å². The van der Waals surface area contributed by atoms with Crippen LogP contribution in [0.4, 0.5) is 5.69 Å². The Hall–Kier alpha value is -3.64. The summed E-state index contributed by atoms with van der Waals surface area (Å²) in [4.78, 5) is 16.1. The smallest absolute Gasteiger partial charge is 0.234 e. The Morgan fingerprint density at radius 3 is 2.41 bits per heavy atom. The normalized spacial score (nSPS) is 11.4. The number of nitrogens with zero attached hydrogens (tertiary/aromatic N) is 2. The zero-order valence-electron chi connectivity index (χ0n) is 18.1. The maximum atomic E-state index is 12.9. The lowest BCUT2D eigenvalue weighted by atomic mass is 9.83. The van der Waals surface area contributed by atoms with E-state index in [0.29, 0.717) is 22.1 Å². The lowest BCUT2D eigenvalue weighted by Gasteiger charge is -2.24. The van der Waals surface area contributed by atoms with Gasteiger partial charge in [-0.2, -0.15) is 5.10 Å². The van der Waals surface area contributed by atoms with Gasteiger partial charge in [-0.25, -0.2) is 0 Å². The number of aromatic nitrogens is 3. The average molecular weight is 446 g/mol. The van der Waals surface area contributed by atoms with Crippen LogP contribution >= 0.6 is 11.6 Å². The fourth-order valence-corrected chi connectivity index (χ4v) is 3.56. The van der Waals surface area contributed by atoms with Gasteiger partial charge >= 0.3 is 0 Å². The molecule has 1 amide bonds. The van der Waals surface area contributed by atoms with E-state index in [9.17, 15) is 4.79 Å². The summed E-state index contributed by atoms with van der Waals surface area (Å²) in [6.45, 7) is 3.75. The first-order valence-corrected chi connectivity index (χ1v) is 10.6. The monoisotopic (exact) mass is 445 g/mol. The van der Waals surface area contributed by atoms with Crippen LogP contribution in [0.3, 0.4) is 0 Å². The summed E-state index contributed by atoms with van der Waals surface area (Å²) in [5.41, 5.74) is 4.65. The molecule has 4 aromatic rings. The molecule has 2 aromatic carbocycles. The van der Waals surface area contributed by atoms with Gasteiger partial charge in [0.05, 0.1) is 23.0 Å². The second kappa shape index (κ2) is 8.48. The molecule has 6 nitrogen and oxygen atoms in total. The summed E-state index contributed by atoms with van der Waals surface area (Å²) in [6, 6.07) is 16.5. The second-order valence-corrected chi connectivity index (χ2v) is 8.68. The predicted molar refractivity (Wildman–Crippen MR) is 128 cm³/mol. The van der Waals surface area contributed by atoms with Gasteiger partial charge in [0.25, 0.3) is 0 Å². The first-order chi connectivity index (χ1) is 15.2. The first-order valence-electron chi connectivity index (χ1n) is 10.2. The van der Waals surface area contributed by atoms with Gasteiger partial charge in [0.15, 0.2) is 0 Å². The van der Waals surface area contributed by atoms with Crippen LogP contribution in [0.15, 0.2) is 73.2 Å². The minimum absolute atomic E-state index is 0.117. The third-order valence-electron chi connectivity index (χ3n) is 5.56. The topological polar surface area (TPSA) is 86.6 Å². The molecule has 0 bridgehead atoms. The highest BCUT2D eigenvalue weighted by atomic mass is 35.5. The molecule has 3 N–H and O–H groups in total. The van der Waals surface area contributed by atoms with Gasteiger partial charge < -0.3 is 10.3 Å². The van der Waals surface area contributed by atoms with Crippen molar-refractivity contribution in [2.75, 3.05) is 5.32 Å². The molecule has 0 aliphatic heterocycles. The second-order valence-electron chi connectivity index (χ2n) is 8.24. The minimum Gasteiger partial charge on any atom is -0.359 e. The zero-order chi connectivity index (χ0) is 22.9. The summed E-state index contributed by atoms with van der Waals surface area (Å²) >= 11 is 5.97. The van der Waals surface area contributed by atoms with Crippen molar-refractivity contribution in [2.24, 2.45) is 7.05 Å². The molecule has 2 heterocycles. The molecule has 0 aliphatic rings. The van der Waals surface area contributed by atoms with E-state index in [1.807, 2.05) is 75.8 Å². The van der Waals surface area contributed by atoms with E-state index in [1.54, 1.807) is 23.0 Å². The number of hydrogen-bond donors (Lipinski definition) is 3. The third-order valence-corrected chi connectivity index (χ3v) is 5.81. The van der Waals surface area contributed by atoms with Crippen molar-refractivity contribution in [3.8, 4) is 11.1 Å². The van der Waals surface area contributed by atoms with Crippen molar-refractivity contribution in [2.45, 2.75) is 19.3 Å². The number of rotatable bonds is 6. The Morgan fingerprint density at radius 2 is 1.78 bits per heavy atom. The maximum Gasteiger partial charge on any atom is 0.234 e. The largest absolute Gasteiger partial charge is 0.359 e. The third kappa shape index (κ3) is 4.36. The Labute approximate surface area is 191 Å². The van der Waals surface area contributed by atoms with E-state index in [0.717, 1.165) is 22.3 Å². The fraction of sp³-hybridized carbons (Fsp3) is 0.160. The summed E-state index contributed by atoms with van der Waals surface area (Å²) in [6.07, 6.45) is 5.59. The molecule has 32 heavy (non-hydrogen) atoms. The summed E-state index contributed by atoms with van der Waals surface area (Å²) in [7, 11) is 1.87. The number of carbonyl (C=O) groups is 1. The molecule has 0 unspecified atom stereocenters. The van der Waals surface area contributed by atoms with E-state index in [-0.39, 0.29) is 5.91 Å². The van der Waals surface area contributed by atoms with Gasteiger partial charge in [-0.05, 0) is 49.7 Å². The molecule has 0 atom stereocenters. The predicted octanol–water partition coefficient (Wildman–Crippen LogP) is 5.40. The lowest BCUT2D eigenvalue weighted by molar-refractivity contribution is -0.120. The molecule has 162 valence electrons.